The van der Waals surface area contributed by atoms with Crippen molar-refractivity contribution in [3.8, 4) is 0 Å². The van der Waals surface area contributed by atoms with E-state index in [1.165, 1.54) is 34.1 Å². The van der Waals surface area contributed by atoms with Crippen LogP contribution in [-0.4, -0.2) is 64.4 Å². The maximum Gasteiger partial charge on any atom is 0.416 e. The largest absolute Gasteiger partial charge is 0.444 e. The quantitative estimate of drug-likeness (QED) is 0.398. The predicted molar refractivity (Wildman–Crippen MR) is 132 cm³/mol. The van der Waals surface area contributed by atoms with Gasteiger partial charge in [0.1, 0.15) is 24.6 Å². The lowest BCUT2D eigenvalue weighted by atomic mass is 9.98. The summed E-state index contributed by atoms with van der Waals surface area (Å²) in [4.78, 5) is 44.0. The fourth-order valence-corrected chi connectivity index (χ4v) is 4.92. The van der Waals surface area contributed by atoms with E-state index in [0.29, 0.717) is 36.9 Å². The van der Waals surface area contributed by atoms with Crippen LogP contribution in [0.2, 0.25) is 0 Å². The summed E-state index contributed by atoms with van der Waals surface area (Å²) in [7, 11) is 0. The van der Waals surface area contributed by atoms with Gasteiger partial charge in [0.2, 0.25) is 11.8 Å². The summed E-state index contributed by atoms with van der Waals surface area (Å²) in [5.74, 6) is -0.922. The number of ether oxygens (including phenoxy) is 1. The Kier molecular flexibility index (Phi) is 8.73. The van der Waals surface area contributed by atoms with E-state index in [1.807, 2.05) is 0 Å². The van der Waals surface area contributed by atoms with Crippen molar-refractivity contribution >= 4 is 17.9 Å². The van der Waals surface area contributed by atoms with Gasteiger partial charge in [0.15, 0.2) is 0 Å². The van der Waals surface area contributed by atoms with Gasteiger partial charge in [0, 0.05) is 19.5 Å². The highest BCUT2D eigenvalue weighted by Crippen LogP contribution is 2.31. The number of nitrogens with two attached hydrogens (primary N) is 1. The molecule has 0 aromatic heterocycles. The second-order valence-electron chi connectivity index (χ2n) is 9.62. The second kappa shape index (κ2) is 12.0. The molecule has 210 valence electrons. The molecule has 0 saturated carbocycles. The zero-order chi connectivity index (χ0) is 28.2. The van der Waals surface area contributed by atoms with Gasteiger partial charge in [0.25, 0.3) is 0 Å². The predicted octanol–water partition coefficient (Wildman–Crippen LogP) is 3.88. The maximum atomic E-state index is 13.5. The van der Waals surface area contributed by atoms with Gasteiger partial charge in [0.05, 0.1) is 12.1 Å². The molecule has 2 atom stereocenters. The third kappa shape index (κ3) is 6.67. The number of carbonyl (C=O) groups is 3. The molecule has 2 aliphatic rings. The average molecular weight is 551 g/mol. The lowest BCUT2D eigenvalue weighted by Crippen LogP contribution is -2.71. The summed E-state index contributed by atoms with van der Waals surface area (Å²) in [5, 5.41) is 0. The van der Waals surface area contributed by atoms with Crippen LogP contribution in [0.3, 0.4) is 0 Å². The Hall–Kier alpha value is -3.67. The number of hydrogen-bond donors (Lipinski definition) is 1. The van der Waals surface area contributed by atoms with Crippen molar-refractivity contribution in [3.05, 3.63) is 71.0 Å². The molecule has 4 rings (SSSR count). The SMILES string of the molecule is NCCCC[C@H]1C(=O)N(Cc2ccc(F)cc2)C[C@@H]2N(C(=O)OCc3ccc(C(F)(F)F)cc3)CCC(=O)N21. The molecule has 2 heterocycles. The highest BCUT2D eigenvalue weighted by molar-refractivity contribution is 5.90. The van der Waals surface area contributed by atoms with E-state index in [-0.39, 0.29) is 44.5 Å². The number of hydrogen-bond acceptors (Lipinski definition) is 5. The van der Waals surface area contributed by atoms with Crippen molar-refractivity contribution in [1.82, 2.24) is 14.7 Å². The molecule has 12 heteroatoms. The molecule has 2 fully saturated rings. The minimum atomic E-state index is -4.47. The Bertz CT molecular complexity index is 1170. The molecule has 2 saturated heterocycles. The highest BCUT2D eigenvalue weighted by atomic mass is 19.4. The van der Waals surface area contributed by atoms with Crippen molar-refractivity contribution in [2.24, 2.45) is 5.73 Å². The lowest BCUT2D eigenvalue weighted by Gasteiger charge is -2.52. The van der Waals surface area contributed by atoms with Crippen molar-refractivity contribution in [2.75, 3.05) is 19.6 Å². The molecule has 3 amide bonds. The van der Waals surface area contributed by atoms with E-state index in [2.05, 4.69) is 0 Å². The second-order valence-corrected chi connectivity index (χ2v) is 9.62. The zero-order valence-corrected chi connectivity index (χ0v) is 21.2. The Labute approximate surface area is 223 Å². The van der Waals surface area contributed by atoms with Crippen molar-refractivity contribution in [3.63, 3.8) is 0 Å². The molecule has 39 heavy (non-hydrogen) atoms. The number of piperazine rings is 1. The van der Waals surface area contributed by atoms with Crippen LogP contribution in [0.5, 0.6) is 0 Å². The molecule has 2 aromatic carbocycles. The molecular formula is C27H30F4N4O4. The summed E-state index contributed by atoms with van der Waals surface area (Å²) >= 11 is 0. The van der Waals surface area contributed by atoms with Crippen LogP contribution in [0.15, 0.2) is 48.5 Å². The van der Waals surface area contributed by atoms with Gasteiger partial charge >= 0.3 is 12.3 Å². The monoisotopic (exact) mass is 550 g/mol. The summed E-state index contributed by atoms with van der Waals surface area (Å²) < 4.78 is 57.3. The van der Waals surface area contributed by atoms with Gasteiger partial charge in [-0.15, -0.1) is 0 Å². The van der Waals surface area contributed by atoms with Crippen LogP contribution in [0.1, 0.15) is 42.4 Å². The van der Waals surface area contributed by atoms with E-state index >= 15 is 0 Å². The minimum absolute atomic E-state index is 0.00447. The fourth-order valence-electron chi connectivity index (χ4n) is 4.92. The molecule has 2 aromatic rings. The number of rotatable bonds is 8. The van der Waals surface area contributed by atoms with Gasteiger partial charge < -0.3 is 20.3 Å². The first-order valence-electron chi connectivity index (χ1n) is 12.7. The summed E-state index contributed by atoms with van der Waals surface area (Å²) in [6.45, 7) is 0.441. The number of nitrogens with zero attached hydrogens (tertiary/aromatic N) is 3. The van der Waals surface area contributed by atoms with Crippen molar-refractivity contribution in [1.29, 1.82) is 0 Å². The van der Waals surface area contributed by atoms with Gasteiger partial charge in [-0.25, -0.2) is 9.18 Å². The maximum absolute atomic E-state index is 13.5. The van der Waals surface area contributed by atoms with Crippen LogP contribution in [-0.2, 0) is 33.7 Å². The number of alkyl halides is 3. The van der Waals surface area contributed by atoms with Crippen LogP contribution in [0.25, 0.3) is 0 Å². The van der Waals surface area contributed by atoms with Crippen LogP contribution >= 0.6 is 0 Å². The van der Waals surface area contributed by atoms with Crippen molar-refractivity contribution in [2.45, 2.75) is 57.2 Å². The van der Waals surface area contributed by atoms with Crippen molar-refractivity contribution < 1.29 is 36.7 Å². The average Bonchev–Trinajstić information content (AvgIpc) is 2.90. The first kappa shape index (κ1) is 28.3. The Morgan fingerprint density at radius 3 is 2.31 bits per heavy atom. The van der Waals surface area contributed by atoms with Crippen LogP contribution < -0.4 is 5.73 Å². The minimum Gasteiger partial charge on any atom is -0.444 e. The van der Waals surface area contributed by atoms with Gasteiger partial charge in [-0.2, -0.15) is 13.2 Å². The fraction of sp³-hybridized carbons (Fsp3) is 0.444. The summed E-state index contributed by atoms with van der Waals surface area (Å²) in [6, 6.07) is 9.23. The molecule has 0 radical (unpaired) electrons. The third-order valence-electron chi connectivity index (χ3n) is 6.95. The van der Waals surface area contributed by atoms with E-state index in [1.54, 1.807) is 17.0 Å². The van der Waals surface area contributed by atoms with E-state index < -0.39 is 35.9 Å². The Balaban J connectivity index is 1.52. The number of amides is 3. The first-order valence-corrected chi connectivity index (χ1v) is 12.7. The van der Waals surface area contributed by atoms with Gasteiger partial charge in [-0.05, 0) is 61.2 Å². The van der Waals surface area contributed by atoms with E-state index in [0.717, 1.165) is 12.1 Å². The molecule has 0 spiro atoms. The van der Waals surface area contributed by atoms with E-state index in [4.69, 9.17) is 10.5 Å². The molecule has 2 aliphatic heterocycles. The number of carbonyl (C=O) groups excluding carboxylic acids is 3. The standard InChI is InChI=1S/C27H30F4N4O4/c28-21-10-6-18(7-11-21)15-33-16-23-34(14-12-24(36)35(23)22(25(33)37)3-1-2-13-32)26(38)39-17-19-4-8-20(9-5-19)27(29,30)31/h4-11,22-23H,1-3,12-17,32H2/t22-,23+/m0/s1. The Morgan fingerprint density at radius 1 is 1.00 bits per heavy atom. The number of halogens is 4. The number of benzene rings is 2. The molecule has 0 unspecified atom stereocenters. The molecule has 2 N–H and O–H groups in total. The summed E-state index contributed by atoms with van der Waals surface area (Å²) in [6.07, 6.45) is -4.37. The number of fused-ring (bicyclic) bond motifs is 1. The molecule has 0 aliphatic carbocycles. The van der Waals surface area contributed by atoms with Crippen LogP contribution in [0, 0.1) is 5.82 Å². The molecular weight excluding hydrogens is 520 g/mol. The van der Waals surface area contributed by atoms with Gasteiger partial charge in [-0.3, -0.25) is 14.5 Å². The highest BCUT2D eigenvalue weighted by Gasteiger charge is 2.48. The Morgan fingerprint density at radius 2 is 1.67 bits per heavy atom. The smallest absolute Gasteiger partial charge is 0.416 e. The molecule has 0 bridgehead atoms. The van der Waals surface area contributed by atoms with Gasteiger partial charge in [-0.1, -0.05) is 24.3 Å². The van der Waals surface area contributed by atoms with E-state index in [9.17, 15) is 31.9 Å². The first-order chi connectivity index (χ1) is 18.6. The lowest BCUT2D eigenvalue weighted by molar-refractivity contribution is -0.169. The number of unbranched alkanes of at least 4 members (excludes halogenated alkanes) is 1. The van der Waals surface area contributed by atoms with Crippen LogP contribution in [0.4, 0.5) is 22.4 Å². The topological polar surface area (TPSA) is 96.2 Å². The normalized spacial score (nSPS) is 19.8. The zero-order valence-electron chi connectivity index (χ0n) is 21.2. The summed E-state index contributed by atoms with van der Waals surface area (Å²) in [5.41, 5.74) is 5.88. The molecule has 8 nitrogen and oxygen atoms in total. The third-order valence-corrected chi connectivity index (χ3v) is 6.95.